The first-order valence-electron chi connectivity index (χ1n) is 9.41. The minimum Gasteiger partial charge on any atom is -0.384 e. The zero-order valence-corrected chi connectivity index (χ0v) is 15.2. The molecule has 1 aromatic carbocycles. The molecule has 2 aromatic rings. The van der Waals surface area contributed by atoms with Crippen molar-refractivity contribution in [3.63, 3.8) is 0 Å². The molecule has 0 amide bonds. The fourth-order valence-corrected chi connectivity index (χ4v) is 3.69. The highest BCUT2D eigenvalue weighted by Gasteiger charge is 2.39. The van der Waals surface area contributed by atoms with Crippen LogP contribution in [-0.2, 0) is 11.3 Å². The number of benzene rings is 1. The van der Waals surface area contributed by atoms with Gasteiger partial charge in [0.15, 0.2) is 0 Å². The molecular weight excluding hydrogens is 352 g/mol. The number of hydrogen-bond acceptors (Lipinski definition) is 5. The van der Waals surface area contributed by atoms with Crippen molar-refractivity contribution in [1.29, 1.82) is 0 Å². The fourth-order valence-electron chi connectivity index (χ4n) is 3.69. The van der Waals surface area contributed by atoms with Crippen molar-refractivity contribution >= 4 is 11.4 Å². The van der Waals surface area contributed by atoms with Gasteiger partial charge in [-0.3, -0.25) is 4.68 Å². The quantitative estimate of drug-likeness (QED) is 0.774. The molecule has 0 unspecified atom stereocenters. The summed E-state index contributed by atoms with van der Waals surface area (Å²) < 4.78 is 33.8. The zero-order valence-electron chi connectivity index (χ0n) is 15.2. The van der Waals surface area contributed by atoms with Crippen molar-refractivity contribution in [2.75, 3.05) is 30.4 Å². The van der Waals surface area contributed by atoms with Gasteiger partial charge in [0.1, 0.15) is 12.7 Å². The summed E-state index contributed by atoms with van der Waals surface area (Å²) in [6, 6.07) is 8.15. The summed E-state index contributed by atoms with van der Waals surface area (Å²) in [5, 5.41) is 11.0. The van der Waals surface area contributed by atoms with Gasteiger partial charge in [0.2, 0.25) is 5.92 Å². The summed E-state index contributed by atoms with van der Waals surface area (Å²) in [6.07, 6.45) is 4.23. The van der Waals surface area contributed by atoms with E-state index in [1.165, 1.54) is 0 Å². The maximum Gasteiger partial charge on any atom is 0.248 e. The van der Waals surface area contributed by atoms with E-state index in [1.807, 2.05) is 28.9 Å². The molecule has 2 fully saturated rings. The molecule has 2 aliphatic rings. The molecule has 0 atom stereocenters. The first-order valence-corrected chi connectivity index (χ1v) is 9.41. The number of nitrogens with one attached hydrogen (secondary N) is 2. The number of aromatic nitrogens is 3. The lowest BCUT2D eigenvalue weighted by Crippen LogP contribution is -2.50. The minimum atomic E-state index is -2.49. The largest absolute Gasteiger partial charge is 0.384 e. The lowest BCUT2D eigenvalue weighted by molar-refractivity contribution is -0.114. The standard InChI is InChI=1S/C19H25F2N5O/c20-19(21)7-5-17(6-8-19)25-16-3-1-15(2-4-16)23-9-18(11-27-12-18)10-26-14-22-13-24-26/h1-4,13-14,17,23,25H,5-12H2. The van der Waals surface area contributed by atoms with Gasteiger partial charge in [-0.2, -0.15) is 5.10 Å². The number of anilines is 2. The molecule has 1 saturated heterocycles. The SMILES string of the molecule is FC1(F)CCC(Nc2ccc(NCC3(Cn4cncn4)COC3)cc2)CC1. The van der Waals surface area contributed by atoms with Crippen molar-refractivity contribution in [2.45, 2.75) is 44.2 Å². The van der Waals surface area contributed by atoms with Crippen LogP contribution < -0.4 is 10.6 Å². The molecule has 2 N–H and O–H groups in total. The van der Waals surface area contributed by atoms with E-state index in [0.29, 0.717) is 26.1 Å². The normalized spacial score (nSPS) is 21.4. The summed E-state index contributed by atoms with van der Waals surface area (Å²) >= 11 is 0. The van der Waals surface area contributed by atoms with E-state index in [1.54, 1.807) is 12.7 Å². The Balaban J connectivity index is 1.28. The molecular formula is C19H25F2N5O. The fraction of sp³-hybridized carbons (Fsp3) is 0.579. The van der Waals surface area contributed by atoms with Crippen molar-refractivity contribution in [2.24, 2.45) is 5.41 Å². The average Bonchev–Trinajstić information content (AvgIpc) is 3.13. The van der Waals surface area contributed by atoms with E-state index in [4.69, 9.17) is 4.74 Å². The number of halogens is 2. The van der Waals surface area contributed by atoms with Gasteiger partial charge in [-0.15, -0.1) is 0 Å². The lowest BCUT2D eigenvalue weighted by atomic mass is 9.85. The Morgan fingerprint density at radius 2 is 1.81 bits per heavy atom. The first kappa shape index (κ1) is 18.2. The molecule has 27 heavy (non-hydrogen) atoms. The van der Waals surface area contributed by atoms with Crippen LogP contribution in [-0.4, -0.2) is 46.5 Å². The summed E-state index contributed by atoms with van der Waals surface area (Å²) in [5.74, 6) is -2.49. The van der Waals surface area contributed by atoms with Crippen molar-refractivity contribution in [3.05, 3.63) is 36.9 Å². The van der Waals surface area contributed by atoms with E-state index < -0.39 is 5.92 Å². The number of alkyl halides is 2. The summed E-state index contributed by atoms with van der Waals surface area (Å²) in [6.45, 7) is 2.96. The van der Waals surface area contributed by atoms with Crippen LogP contribution in [0.5, 0.6) is 0 Å². The molecule has 2 heterocycles. The number of hydrogen-bond donors (Lipinski definition) is 2. The molecule has 6 nitrogen and oxygen atoms in total. The third kappa shape index (κ3) is 4.55. The Morgan fingerprint density at radius 3 is 2.41 bits per heavy atom. The molecule has 0 spiro atoms. The topological polar surface area (TPSA) is 64.0 Å². The van der Waals surface area contributed by atoms with Crippen LogP contribution in [0.4, 0.5) is 20.2 Å². The van der Waals surface area contributed by atoms with Crippen LogP contribution in [0.3, 0.4) is 0 Å². The second kappa shape index (κ2) is 7.42. The summed E-state index contributed by atoms with van der Waals surface area (Å²) in [4.78, 5) is 3.99. The molecule has 1 aliphatic heterocycles. The Hall–Kier alpha value is -2.22. The second-order valence-corrected chi connectivity index (χ2v) is 7.79. The van der Waals surface area contributed by atoms with Crippen LogP contribution in [0.15, 0.2) is 36.9 Å². The third-order valence-electron chi connectivity index (χ3n) is 5.42. The van der Waals surface area contributed by atoms with Crippen LogP contribution in [0.1, 0.15) is 25.7 Å². The van der Waals surface area contributed by atoms with Gasteiger partial charge in [0.25, 0.3) is 0 Å². The number of rotatable bonds is 7. The van der Waals surface area contributed by atoms with Crippen LogP contribution >= 0.6 is 0 Å². The highest BCUT2D eigenvalue weighted by molar-refractivity contribution is 5.54. The molecule has 0 radical (unpaired) electrons. The van der Waals surface area contributed by atoms with Crippen LogP contribution in [0, 0.1) is 5.41 Å². The first-order chi connectivity index (χ1) is 13.0. The second-order valence-electron chi connectivity index (χ2n) is 7.79. The highest BCUT2D eigenvalue weighted by atomic mass is 19.3. The van der Waals surface area contributed by atoms with Crippen LogP contribution in [0.2, 0.25) is 0 Å². The van der Waals surface area contributed by atoms with Gasteiger partial charge >= 0.3 is 0 Å². The summed E-state index contributed by atoms with van der Waals surface area (Å²) in [5.41, 5.74) is 2.03. The van der Waals surface area contributed by atoms with Crippen molar-refractivity contribution in [1.82, 2.24) is 14.8 Å². The van der Waals surface area contributed by atoms with Gasteiger partial charge in [-0.25, -0.2) is 13.8 Å². The molecule has 1 aromatic heterocycles. The van der Waals surface area contributed by atoms with Gasteiger partial charge in [0, 0.05) is 36.8 Å². The Kier molecular flexibility index (Phi) is 4.99. The van der Waals surface area contributed by atoms with Crippen molar-refractivity contribution < 1.29 is 13.5 Å². The smallest absolute Gasteiger partial charge is 0.248 e. The zero-order chi connectivity index (χ0) is 18.7. The number of nitrogens with zero attached hydrogens (tertiary/aromatic N) is 3. The predicted molar refractivity (Wildman–Crippen MR) is 99.0 cm³/mol. The Bertz CT molecular complexity index is 721. The van der Waals surface area contributed by atoms with E-state index in [0.717, 1.165) is 24.5 Å². The van der Waals surface area contributed by atoms with Gasteiger partial charge in [-0.1, -0.05) is 0 Å². The van der Waals surface area contributed by atoms with Gasteiger partial charge in [-0.05, 0) is 37.1 Å². The molecule has 146 valence electrons. The van der Waals surface area contributed by atoms with E-state index in [2.05, 4.69) is 20.7 Å². The number of ether oxygens (including phenoxy) is 1. The highest BCUT2D eigenvalue weighted by Crippen LogP contribution is 2.34. The maximum absolute atomic E-state index is 13.2. The molecule has 4 rings (SSSR count). The average molecular weight is 377 g/mol. The molecule has 8 heteroatoms. The van der Waals surface area contributed by atoms with E-state index in [-0.39, 0.29) is 24.3 Å². The predicted octanol–water partition coefficient (Wildman–Crippen LogP) is 3.40. The van der Waals surface area contributed by atoms with Gasteiger partial charge in [0.05, 0.1) is 25.2 Å². The third-order valence-corrected chi connectivity index (χ3v) is 5.42. The molecule has 1 saturated carbocycles. The molecule has 0 bridgehead atoms. The van der Waals surface area contributed by atoms with Gasteiger partial charge < -0.3 is 15.4 Å². The van der Waals surface area contributed by atoms with Crippen LogP contribution in [0.25, 0.3) is 0 Å². The maximum atomic E-state index is 13.2. The van der Waals surface area contributed by atoms with E-state index >= 15 is 0 Å². The minimum absolute atomic E-state index is 0.0257. The monoisotopic (exact) mass is 377 g/mol. The Morgan fingerprint density at radius 1 is 1.11 bits per heavy atom. The molecule has 1 aliphatic carbocycles. The van der Waals surface area contributed by atoms with E-state index in [9.17, 15) is 8.78 Å². The summed E-state index contributed by atoms with van der Waals surface area (Å²) in [7, 11) is 0. The Labute approximate surface area is 157 Å². The lowest BCUT2D eigenvalue weighted by Gasteiger charge is -2.41. The van der Waals surface area contributed by atoms with Crippen molar-refractivity contribution in [3.8, 4) is 0 Å².